The van der Waals surface area contributed by atoms with E-state index in [-0.39, 0.29) is 5.91 Å². The maximum atomic E-state index is 12.4. The molecule has 0 bridgehead atoms. The summed E-state index contributed by atoms with van der Waals surface area (Å²) in [5, 5.41) is 7.03. The van der Waals surface area contributed by atoms with E-state index in [2.05, 4.69) is 15.4 Å². The fourth-order valence-corrected chi connectivity index (χ4v) is 2.19. The number of hydrogen-bond donors (Lipinski definition) is 1. The molecule has 0 radical (unpaired) electrons. The Morgan fingerprint density at radius 1 is 1.14 bits per heavy atom. The van der Waals surface area contributed by atoms with Crippen molar-refractivity contribution in [1.82, 2.24) is 14.8 Å². The average Bonchev–Trinajstić information content (AvgIpc) is 2.96. The number of rotatable bonds is 4. The molecule has 2 aromatic heterocycles. The van der Waals surface area contributed by atoms with Gasteiger partial charge in [-0.1, -0.05) is 30.3 Å². The Labute approximate surface area is 128 Å². The summed E-state index contributed by atoms with van der Waals surface area (Å²) in [6.45, 7) is 2.51. The topological polar surface area (TPSA) is 59.8 Å². The van der Waals surface area contributed by atoms with Gasteiger partial charge in [-0.2, -0.15) is 5.10 Å². The molecule has 3 rings (SSSR count). The highest BCUT2D eigenvalue weighted by molar-refractivity contribution is 6.02. The van der Waals surface area contributed by atoms with Crippen LogP contribution < -0.4 is 5.32 Å². The molecule has 1 N–H and O–H groups in total. The highest BCUT2D eigenvalue weighted by Gasteiger charge is 2.13. The van der Waals surface area contributed by atoms with Gasteiger partial charge in [-0.05, 0) is 36.2 Å². The van der Waals surface area contributed by atoms with Crippen LogP contribution >= 0.6 is 0 Å². The van der Waals surface area contributed by atoms with Crippen LogP contribution in [0.15, 0.2) is 60.9 Å². The monoisotopic (exact) mass is 292 g/mol. The Morgan fingerprint density at radius 2 is 1.95 bits per heavy atom. The molecule has 5 nitrogen and oxygen atoms in total. The number of anilines is 1. The lowest BCUT2D eigenvalue weighted by Gasteiger charge is -2.08. The van der Waals surface area contributed by atoms with Crippen molar-refractivity contribution in [3.05, 3.63) is 77.7 Å². The number of benzene rings is 1. The Kier molecular flexibility index (Phi) is 3.96. The Hall–Kier alpha value is -2.95. The van der Waals surface area contributed by atoms with Crippen molar-refractivity contribution in [1.29, 1.82) is 0 Å². The van der Waals surface area contributed by atoms with Crippen LogP contribution in [0.1, 0.15) is 21.6 Å². The second-order valence-electron chi connectivity index (χ2n) is 5.03. The van der Waals surface area contributed by atoms with E-state index in [1.54, 1.807) is 23.1 Å². The minimum Gasteiger partial charge on any atom is -0.305 e. The molecule has 3 aromatic rings. The molecular formula is C17H16N4O. The predicted octanol–water partition coefficient (Wildman–Crippen LogP) is 2.89. The van der Waals surface area contributed by atoms with Gasteiger partial charge in [0.2, 0.25) is 0 Å². The summed E-state index contributed by atoms with van der Waals surface area (Å²) in [7, 11) is 0. The summed E-state index contributed by atoms with van der Waals surface area (Å²) in [5.74, 6) is 0.323. The molecule has 22 heavy (non-hydrogen) atoms. The highest BCUT2D eigenvalue weighted by atomic mass is 16.2. The Morgan fingerprint density at radius 3 is 2.73 bits per heavy atom. The molecule has 0 aliphatic rings. The van der Waals surface area contributed by atoms with Crippen LogP contribution in [0.25, 0.3) is 0 Å². The summed E-state index contributed by atoms with van der Waals surface area (Å²) in [6.07, 6.45) is 3.30. The van der Waals surface area contributed by atoms with Crippen molar-refractivity contribution in [3.63, 3.8) is 0 Å². The lowest BCUT2D eigenvalue weighted by molar-refractivity contribution is 0.101. The standard InChI is InChI=1S/C17H16N4O/c1-13-7-9-18-16(11-13)20-17(22)15-8-10-19-21(15)12-14-5-3-2-4-6-14/h2-11H,12H2,1H3,(H,18,20,22). The average molecular weight is 292 g/mol. The van der Waals surface area contributed by atoms with Crippen LogP contribution in [0.5, 0.6) is 0 Å². The van der Waals surface area contributed by atoms with E-state index in [0.717, 1.165) is 11.1 Å². The van der Waals surface area contributed by atoms with E-state index >= 15 is 0 Å². The van der Waals surface area contributed by atoms with Crippen molar-refractivity contribution in [2.75, 3.05) is 5.32 Å². The maximum Gasteiger partial charge on any atom is 0.275 e. The zero-order valence-electron chi connectivity index (χ0n) is 12.2. The van der Waals surface area contributed by atoms with Gasteiger partial charge in [0.05, 0.1) is 6.54 Å². The number of pyridine rings is 1. The van der Waals surface area contributed by atoms with E-state index in [4.69, 9.17) is 0 Å². The van der Waals surface area contributed by atoms with Crippen molar-refractivity contribution < 1.29 is 4.79 Å². The molecule has 0 fully saturated rings. The lowest BCUT2D eigenvalue weighted by Crippen LogP contribution is -2.18. The van der Waals surface area contributed by atoms with E-state index < -0.39 is 0 Å². The number of amides is 1. The van der Waals surface area contributed by atoms with Crippen molar-refractivity contribution >= 4 is 11.7 Å². The quantitative estimate of drug-likeness (QED) is 0.804. The molecule has 0 atom stereocenters. The largest absolute Gasteiger partial charge is 0.305 e. The third-order valence-corrected chi connectivity index (χ3v) is 3.28. The van der Waals surface area contributed by atoms with Gasteiger partial charge in [-0.15, -0.1) is 0 Å². The van der Waals surface area contributed by atoms with Crippen molar-refractivity contribution in [2.24, 2.45) is 0 Å². The molecule has 0 saturated heterocycles. The van der Waals surface area contributed by atoms with Crippen LogP contribution in [-0.4, -0.2) is 20.7 Å². The maximum absolute atomic E-state index is 12.4. The van der Waals surface area contributed by atoms with Gasteiger partial charge < -0.3 is 5.32 Å². The van der Waals surface area contributed by atoms with Gasteiger partial charge in [-0.25, -0.2) is 4.98 Å². The third-order valence-electron chi connectivity index (χ3n) is 3.28. The lowest BCUT2D eigenvalue weighted by atomic mass is 10.2. The predicted molar refractivity (Wildman–Crippen MR) is 84.7 cm³/mol. The molecule has 110 valence electrons. The molecule has 1 aromatic carbocycles. The van der Waals surface area contributed by atoms with Crippen molar-refractivity contribution in [3.8, 4) is 0 Å². The fourth-order valence-electron chi connectivity index (χ4n) is 2.19. The summed E-state index contributed by atoms with van der Waals surface area (Å²) >= 11 is 0. The first kappa shape index (κ1) is 14.0. The number of carbonyl (C=O) groups excluding carboxylic acids is 1. The summed E-state index contributed by atoms with van der Waals surface area (Å²) < 4.78 is 1.68. The second kappa shape index (κ2) is 6.22. The molecule has 0 spiro atoms. The van der Waals surface area contributed by atoms with E-state index in [1.807, 2.05) is 49.4 Å². The van der Waals surface area contributed by atoms with Gasteiger partial charge in [-0.3, -0.25) is 9.48 Å². The molecule has 0 saturated carbocycles. The summed E-state index contributed by atoms with van der Waals surface area (Å²) in [5.41, 5.74) is 2.64. The second-order valence-corrected chi connectivity index (χ2v) is 5.03. The normalized spacial score (nSPS) is 10.4. The molecule has 2 heterocycles. The highest BCUT2D eigenvalue weighted by Crippen LogP contribution is 2.10. The van der Waals surface area contributed by atoms with Gasteiger partial charge in [0.15, 0.2) is 0 Å². The van der Waals surface area contributed by atoms with E-state index in [9.17, 15) is 4.79 Å². The Bertz CT molecular complexity index is 780. The van der Waals surface area contributed by atoms with Gasteiger partial charge in [0, 0.05) is 12.4 Å². The Balaban J connectivity index is 1.78. The minimum absolute atomic E-state index is 0.216. The minimum atomic E-state index is -0.216. The van der Waals surface area contributed by atoms with E-state index in [0.29, 0.717) is 18.1 Å². The van der Waals surface area contributed by atoms with Crippen LogP contribution in [0.4, 0.5) is 5.82 Å². The van der Waals surface area contributed by atoms with Gasteiger partial charge in [0.1, 0.15) is 11.5 Å². The zero-order chi connectivity index (χ0) is 15.4. The first-order valence-corrected chi connectivity index (χ1v) is 7.02. The molecular weight excluding hydrogens is 276 g/mol. The van der Waals surface area contributed by atoms with E-state index in [1.165, 1.54) is 0 Å². The molecule has 0 aliphatic carbocycles. The van der Waals surface area contributed by atoms with Crippen LogP contribution in [0.3, 0.4) is 0 Å². The smallest absolute Gasteiger partial charge is 0.275 e. The van der Waals surface area contributed by atoms with Crippen LogP contribution in [0.2, 0.25) is 0 Å². The number of hydrogen-bond acceptors (Lipinski definition) is 3. The molecule has 1 amide bonds. The van der Waals surface area contributed by atoms with Crippen LogP contribution in [-0.2, 0) is 6.54 Å². The molecule has 0 aliphatic heterocycles. The number of carbonyl (C=O) groups is 1. The molecule has 0 unspecified atom stereocenters. The zero-order valence-corrected chi connectivity index (χ0v) is 12.2. The van der Waals surface area contributed by atoms with Crippen LogP contribution in [0, 0.1) is 6.92 Å². The third kappa shape index (κ3) is 3.20. The van der Waals surface area contributed by atoms with Gasteiger partial charge >= 0.3 is 0 Å². The first-order valence-electron chi connectivity index (χ1n) is 7.02. The number of nitrogens with zero attached hydrogens (tertiary/aromatic N) is 3. The number of aromatic nitrogens is 3. The number of nitrogens with one attached hydrogen (secondary N) is 1. The fraction of sp³-hybridized carbons (Fsp3) is 0.118. The summed E-state index contributed by atoms with van der Waals surface area (Å²) in [6, 6.07) is 15.3. The summed E-state index contributed by atoms with van der Waals surface area (Å²) in [4.78, 5) is 16.5. The molecule has 5 heteroatoms. The first-order chi connectivity index (χ1) is 10.7. The van der Waals surface area contributed by atoms with Crippen molar-refractivity contribution in [2.45, 2.75) is 13.5 Å². The SMILES string of the molecule is Cc1ccnc(NC(=O)c2ccnn2Cc2ccccc2)c1. The number of aryl methyl sites for hydroxylation is 1. The van der Waals surface area contributed by atoms with Gasteiger partial charge in [0.25, 0.3) is 5.91 Å².